The zero-order valence-electron chi connectivity index (χ0n) is 10.2. The first-order valence-corrected chi connectivity index (χ1v) is 6.79. The van der Waals surface area contributed by atoms with Crippen LogP contribution in [0.25, 0.3) is 16.8 Å². The predicted octanol–water partition coefficient (Wildman–Crippen LogP) is 1.96. The second-order valence-corrected chi connectivity index (χ2v) is 4.92. The first-order chi connectivity index (χ1) is 9.68. The zero-order valence-corrected chi connectivity index (χ0v) is 11.1. The number of H-pyrrole nitrogens is 1. The zero-order chi connectivity index (χ0) is 14.1. The van der Waals surface area contributed by atoms with Crippen LogP contribution in [0.4, 0.5) is 0 Å². The molecule has 0 fully saturated rings. The van der Waals surface area contributed by atoms with E-state index in [0.29, 0.717) is 11.3 Å². The maximum Gasteiger partial charge on any atom is 0.335 e. The third-order valence-electron chi connectivity index (χ3n) is 2.91. The lowest BCUT2D eigenvalue weighted by Crippen LogP contribution is -2.29. The van der Waals surface area contributed by atoms with Crippen LogP contribution in [0.3, 0.4) is 0 Å². The molecule has 0 atom stereocenters. The summed E-state index contributed by atoms with van der Waals surface area (Å²) >= 11 is 1.39. The van der Waals surface area contributed by atoms with E-state index in [0.717, 1.165) is 4.57 Å². The summed E-state index contributed by atoms with van der Waals surface area (Å²) in [5, 5.41) is 13.8. The van der Waals surface area contributed by atoms with Gasteiger partial charge in [0.15, 0.2) is 0 Å². The number of nitrogens with one attached hydrogen (secondary N) is 1. The SMILES string of the molecule is O=c1[nH]c(=O)n(-c2ccsc2)c(O)c1-c1ccccc1. The molecule has 20 heavy (non-hydrogen) atoms. The molecule has 100 valence electrons. The van der Waals surface area contributed by atoms with Crippen LogP contribution in [-0.2, 0) is 0 Å². The number of hydrogen-bond donors (Lipinski definition) is 2. The minimum atomic E-state index is -0.661. The van der Waals surface area contributed by atoms with Crippen LogP contribution < -0.4 is 11.2 Å². The van der Waals surface area contributed by atoms with Crippen LogP contribution in [0.5, 0.6) is 5.88 Å². The van der Waals surface area contributed by atoms with Crippen molar-refractivity contribution in [1.82, 2.24) is 9.55 Å². The lowest BCUT2D eigenvalue weighted by molar-refractivity contribution is 0.434. The average molecular weight is 286 g/mol. The van der Waals surface area contributed by atoms with Crippen LogP contribution in [0.15, 0.2) is 56.7 Å². The average Bonchev–Trinajstić information content (AvgIpc) is 2.93. The normalized spacial score (nSPS) is 10.6. The molecule has 5 nitrogen and oxygen atoms in total. The minimum Gasteiger partial charge on any atom is -0.494 e. The molecule has 0 bridgehead atoms. The van der Waals surface area contributed by atoms with Crippen molar-refractivity contribution in [3.8, 4) is 22.7 Å². The van der Waals surface area contributed by atoms with Gasteiger partial charge in [0.2, 0.25) is 5.88 Å². The van der Waals surface area contributed by atoms with Gasteiger partial charge in [-0.15, -0.1) is 0 Å². The number of aromatic amines is 1. The van der Waals surface area contributed by atoms with Crippen LogP contribution in [0.2, 0.25) is 0 Å². The van der Waals surface area contributed by atoms with E-state index in [9.17, 15) is 14.7 Å². The highest BCUT2D eigenvalue weighted by Gasteiger charge is 2.16. The van der Waals surface area contributed by atoms with Crippen molar-refractivity contribution in [3.63, 3.8) is 0 Å². The molecular weight excluding hydrogens is 276 g/mol. The van der Waals surface area contributed by atoms with E-state index in [4.69, 9.17) is 0 Å². The highest BCUT2D eigenvalue weighted by atomic mass is 32.1. The Hall–Kier alpha value is -2.60. The summed E-state index contributed by atoms with van der Waals surface area (Å²) in [5.74, 6) is -0.358. The molecule has 2 N–H and O–H groups in total. The van der Waals surface area contributed by atoms with Gasteiger partial charge in [-0.05, 0) is 17.0 Å². The fraction of sp³-hybridized carbons (Fsp3) is 0. The Morgan fingerprint density at radius 3 is 2.50 bits per heavy atom. The summed E-state index contributed by atoms with van der Waals surface area (Å²) in [4.78, 5) is 26.1. The molecule has 0 radical (unpaired) electrons. The van der Waals surface area contributed by atoms with E-state index < -0.39 is 11.2 Å². The molecule has 0 aliphatic rings. The van der Waals surface area contributed by atoms with Gasteiger partial charge in [0.1, 0.15) is 5.56 Å². The number of rotatable bonds is 2. The molecule has 3 aromatic rings. The third kappa shape index (κ3) is 1.96. The lowest BCUT2D eigenvalue weighted by Gasteiger charge is -2.09. The Kier molecular flexibility index (Phi) is 3.00. The third-order valence-corrected chi connectivity index (χ3v) is 3.58. The molecule has 0 aliphatic carbocycles. The molecule has 0 amide bonds. The van der Waals surface area contributed by atoms with Crippen LogP contribution >= 0.6 is 11.3 Å². The van der Waals surface area contributed by atoms with Gasteiger partial charge < -0.3 is 5.11 Å². The van der Waals surface area contributed by atoms with E-state index in [1.54, 1.807) is 41.1 Å². The molecule has 2 aromatic heterocycles. The summed E-state index contributed by atoms with van der Waals surface area (Å²) in [5.41, 5.74) is -0.117. The monoisotopic (exact) mass is 286 g/mol. The molecule has 0 aliphatic heterocycles. The summed E-state index contributed by atoms with van der Waals surface area (Å²) in [7, 11) is 0. The fourth-order valence-corrected chi connectivity index (χ4v) is 2.63. The lowest BCUT2D eigenvalue weighted by atomic mass is 10.1. The van der Waals surface area contributed by atoms with E-state index >= 15 is 0 Å². The van der Waals surface area contributed by atoms with Crippen molar-refractivity contribution in [3.05, 3.63) is 68.0 Å². The second kappa shape index (κ2) is 4.82. The van der Waals surface area contributed by atoms with Crippen molar-refractivity contribution >= 4 is 11.3 Å². The molecule has 0 saturated carbocycles. The van der Waals surface area contributed by atoms with E-state index in [1.807, 2.05) is 6.07 Å². The number of benzene rings is 1. The van der Waals surface area contributed by atoms with Crippen molar-refractivity contribution < 1.29 is 5.11 Å². The highest BCUT2D eigenvalue weighted by Crippen LogP contribution is 2.26. The largest absolute Gasteiger partial charge is 0.494 e. The molecule has 1 aromatic carbocycles. The van der Waals surface area contributed by atoms with Crippen molar-refractivity contribution in [2.45, 2.75) is 0 Å². The van der Waals surface area contributed by atoms with Crippen molar-refractivity contribution in [2.24, 2.45) is 0 Å². The van der Waals surface area contributed by atoms with Crippen LogP contribution in [-0.4, -0.2) is 14.7 Å². The van der Waals surface area contributed by atoms with Gasteiger partial charge in [-0.2, -0.15) is 11.3 Å². The van der Waals surface area contributed by atoms with Crippen molar-refractivity contribution in [2.75, 3.05) is 0 Å². The fourth-order valence-electron chi connectivity index (χ4n) is 2.01. The Morgan fingerprint density at radius 2 is 1.85 bits per heavy atom. The molecule has 6 heteroatoms. The van der Waals surface area contributed by atoms with E-state index in [-0.39, 0.29) is 11.4 Å². The first-order valence-electron chi connectivity index (χ1n) is 5.85. The number of aromatic nitrogens is 2. The maximum absolute atomic E-state index is 12.0. The van der Waals surface area contributed by atoms with Crippen molar-refractivity contribution in [1.29, 1.82) is 0 Å². The van der Waals surface area contributed by atoms with Gasteiger partial charge in [0.05, 0.1) is 5.69 Å². The highest BCUT2D eigenvalue weighted by molar-refractivity contribution is 7.08. The summed E-state index contributed by atoms with van der Waals surface area (Å²) in [6.45, 7) is 0. The number of hydrogen-bond acceptors (Lipinski definition) is 4. The quantitative estimate of drug-likeness (QED) is 0.756. The Balaban J connectivity index is 2.35. The molecule has 3 rings (SSSR count). The van der Waals surface area contributed by atoms with Gasteiger partial charge >= 0.3 is 5.69 Å². The second-order valence-electron chi connectivity index (χ2n) is 4.14. The van der Waals surface area contributed by atoms with Gasteiger partial charge in [-0.3, -0.25) is 9.78 Å². The van der Waals surface area contributed by atoms with Gasteiger partial charge in [0, 0.05) is 5.38 Å². The molecule has 0 spiro atoms. The predicted molar refractivity (Wildman–Crippen MR) is 77.6 cm³/mol. The molecule has 0 unspecified atom stereocenters. The minimum absolute atomic E-state index is 0.0800. The Morgan fingerprint density at radius 1 is 1.10 bits per heavy atom. The van der Waals surface area contributed by atoms with Crippen LogP contribution in [0, 0.1) is 0 Å². The Labute approximate surface area is 117 Å². The molecular formula is C14H10N2O3S. The maximum atomic E-state index is 12.0. The summed E-state index contributed by atoms with van der Waals surface area (Å²) < 4.78 is 1.08. The summed E-state index contributed by atoms with van der Waals surface area (Å²) in [6.07, 6.45) is 0. The first kappa shape index (κ1) is 12.4. The molecule has 0 saturated heterocycles. The smallest absolute Gasteiger partial charge is 0.335 e. The Bertz CT molecular complexity index is 848. The van der Waals surface area contributed by atoms with Gasteiger partial charge in [-0.25, -0.2) is 9.36 Å². The van der Waals surface area contributed by atoms with E-state index in [2.05, 4.69) is 4.98 Å². The van der Waals surface area contributed by atoms with Crippen LogP contribution in [0.1, 0.15) is 0 Å². The van der Waals surface area contributed by atoms with Gasteiger partial charge in [0.25, 0.3) is 5.56 Å². The summed E-state index contributed by atoms with van der Waals surface area (Å²) in [6, 6.07) is 10.4. The standard InChI is InChI=1S/C14H10N2O3S/c17-12-11(9-4-2-1-3-5-9)13(18)16(14(19)15-12)10-6-7-20-8-10/h1-8,18H,(H,15,17,19). The van der Waals surface area contributed by atoms with E-state index in [1.165, 1.54) is 11.3 Å². The number of aromatic hydroxyl groups is 1. The topological polar surface area (TPSA) is 75.1 Å². The number of thiophene rings is 1. The van der Waals surface area contributed by atoms with Gasteiger partial charge in [-0.1, -0.05) is 30.3 Å². The molecule has 2 heterocycles. The number of nitrogens with zero attached hydrogens (tertiary/aromatic N) is 1.